The maximum atomic E-state index is 13.8. The Kier molecular flexibility index (Phi) is 8.46. The molecule has 2 aromatic carbocycles. The number of phenolic OH excluding ortho intramolecular Hbond substituents is 2. The van der Waals surface area contributed by atoms with Crippen LogP contribution in [0.4, 0.5) is 0 Å². The number of hydrogen-bond donors (Lipinski definition) is 5. The molecule has 242 valence electrons. The Morgan fingerprint density at radius 2 is 1.82 bits per heavy atom. The number of ether oxygens (including phenoxy) is 5. The molecule has 13 heteroatoms. The number of hydrogen-bond acceptors (Lipinski definition) is 13. The predicted molar refractivity (Wildman–Crippen MR) is 154 cm³/mol. The van der Waals surface area contributed by atoms with Crippen molar-refractivity contribution in [1.82, 2.24) is 0 Å². The van der Waals surface area contributed by atoms with Crippen molar-refractivity contribution < 1.29 is 58.5 Å². The predicted octanol–water partition coefficient (Wildman–Crippen LogP) is 1.55. The van der Waals surface area contributed by atoms with Gasteiger partial charge in [-0.05, 0) is 32.3 Å². The van der Waals surface area contributed by atoms with Gasteiger partial charge in [0.1, 0.15) is 35.6 Å². The summed E-state index contributed by atoms with van der Waals surface area (Å²) in [6.07, 6.45) is -2.03. The Morgan fingerprint density at radius 3 is 2.49 bits per heavy atom. The molecule has 2 aromatic rings. The number of aliphatic hydroxyl groups is 2. The van der Waals surface area contributed by atoms with E-state index in [-0.39, 0.29) is 34.4 Å². The van der Waals surface area contributed by atoms with Gasteiger partial charge in [0, 0.05) is 48.6 Å². The molecular formula is C32H37NO12. The van der Waals surface area contributed by atoms with Gasteiger partial charge < -0.3 is 49.8 Å². The third-order valence-electron chi connectivity index (χ3n) is 9.22. The first kappa shape index (κ1) is 31.5. The van der Waals surface area contributed by atoms with Crippen molar-refractivity contribution in [2.24, 2.45) is 5.73 Å². The summed E-state index contributed by atoms with van der Waals surface area (Å²) in [5.41, 5.74) is 2.98. The third kappa shape index (κ3) is 5.31. The molecule has 7 atom stereocenters. The summed E-state index contributed by atoms with van der Waals surface area (Å²) >= 11 is 0. The third-order valence-corrected chi connectivity index (χ3v) is 9.22. The quantitative estimate of drug-likeness (QED) is 0.236. The molecule has 4 aliphatic rings. The van der Waals surface area contributed by atoms with Gasteiger partial charge in [0.2, 0.25) is 5.78 Å². The molecule has 0 unspecified atom stereocenters. The minimum absolute atomic E-state index is 0.0409. The molecule has 0 aromatic heterocycles. The van der Waals surface area contributed by atoms with Crippen LogP contribution in [0.5, 0.6) is 17.2 Å². The number of fused-ring (bicyclic) bond motifs is 3. The number of aromatic hydroxyl groups is 2. The van der Waals surface area contributed by atoms with Crippen LogP contribution in [0.2, 0.25) is 0 Å². The van der Waals surface area contributed by atoms with Crippen molar-refractivity contribution in [3.63, 3.8) is 0 Å². The highest BCUT2D eigenvalue weighted by molar-refractivity contribution is 6.31. The fourth-order valence-electron chi connectivity index (χ4n) is 6.95. The van der Waals surface area contributed by atoms with Crippen molar-refractivity contribution in [3.05, 3.63) is 51.6 Å². The topological polar surface area (TPSA) is 204 Å². The van der Waals surface area contributed by atoms with Crippen molar-refractivity contribution in [2.75, 3.05) is 20.3 Å². The van der Waals surface area contributed by atoms with Crippen molar-refractivity contribution in [3.8, 4) is 17.2 Å². The molecule has 2 heterocycles. The molecular weight excluding hydrogens is 590 g/mol. The van der Waals surface area contributed by atoms with Crippen LogP contribution < -0.4 is 10.5 Å². The number of aliphatic hydroxyl groups excluding tert-OH is 1. The first-order chi connectivity index (χ1) is 21.5. The zero-order valence-corrected chi connectivity index (χ0v) is 25.0. The number of Topliss-reactive ketones (excluding diaryl/α,β-unsaturated/α-hetero) is 1. The summed E-state index contributed by atoms with van der Waals surface area (Å²) in [6.45, 7) is 1.35. The van der Waals surface area contributed by atoms with E-state index in [0.29, 0.717) is 6.61 Å². The van der Waals surface area contributed by atoms with Crippen molar-refractivity contribution >= 4 is 17.3 Å². The van der Waals surface area contributed by atoms with E-state index < -0.39 is 102 Å². The molecule has 0 bridgehead atoms. The SMILES string of the molecule is COc1cccc2c1C(=O)c1c(O)c3c(c(O)c1C2=O)C[C@](O)(C(=O)CO)C[C@@H]3O[C@@H]1C[C@H](N)[C@H](O[C@H]2CCCCO2)[C@@H](C)O1. The first-order valence-electron chi connectivity index (χ1n) is 15.1. The molecule has 2 aliphatic heterocycles. The van der Waals surface area contributed by atoms with Gasteiger partial charge in [-0.25, -0.2) is 0 Å². The number of nitrogens with two attached hydrogens (primary N) is 1. The van der Waals surface area contributed by atoms with E-state index in [4.69, 9.17) is 29.4 Å². The summed E-state index contributed by atoms with van der Waals surface area (Å²) in [5, 5.41) is 44.2. The lowest BCUT2D eigenvalue weighted by molar-refractivity contribution is -0.281. The lowest BCUT2D eigenvalue weighted by Crippen LogP contribution is -2.55. The number of benzene rings is 2. The highest BCUT2D eigenvalue weighted by Crippen LogP contribution is 2.52. The standard InChI is InChI=1S/C32H37NO12/c1-14-31(45-21-8-3-4-9-42-21)17(33)10-22(43-14)44-19-12-32(40,20(35)13-34)11-16-24(19)30(39)26-25(28(16)37)27(36)15-6-5-7-18(41-2)23(15)29(26)38/h5-7,14,17,19,21-22,31,34,37,39-40H,3-4,8-13,33H2,1-2H3/t14-,17+,19+,21+,22-,31-,32-/m1/s1. The zero-order valence-electron chi connectivity index (χ0n) is 25.0. The van der Waals surface area contributed by atoms with Crippen LogP contribution in [0.15, 0.2) is 18.2 Å². The average Bonchev–Trinajstić information content (AvgIpc) is 3.02. The largest absolute Gasteiger partial charge is 0.507 e. The van der Waals surface area contributed by atoms with Crippen LogP contribution in [-0.4, -0.2) is 94.5 Å². The Hall–Kier alpha value is -3.43. The van der Waals surface area contributed by atoms with E-state index >= 15 is 0 Å². The van der Waals surface area contributed by atoms with Crippen LogP contribution in [-0.2, 0) is 30.2 Å². The first-order valence-corrected chi connectivity index (χ1v) is 15.1. The van der Waals surface area contributed by atoms with Gasteiger partial charge in [0.25, 0.3) is 0 Å². The van der Waals surface area contributed by atoms with E-state index in [9.17, 15) is 34.8 Å². The minimum Gasteiger partial charge on any atom is -0.507 e. The maximum Gasteiger partial charge on any atom is 0.202 e. The number of rotatable bonds is 7. The van der Waals surface area contributed by atoms with Crippen molar-refractivity contribution in [1.29, 1.82) is 0 Å². The van der Waals surface area contributed by atoms with Gasteiger partial charge in [-0.2, -0.15) is 0 Å². The molecule has 6 rings (SSSR count). The van der Waals surface area contributed by atoms with Gasteiger partial charge in [-0.3, -0.25) is 14.4 Å². The van der Waals surface area contributed by atoms with Crippen LogP contribution >= 0.6 is 0 Å². The lowest BCUT2D eigenvalue weighted by atomic mass is 9.72. The Morgan fingerprint density at radius 1 is 1.07 bits per heavy atom. The van der Waals surface area contributed by atoms with E-state index in [1.165, 1.54) is 25.3 Å². The second kappa shape index (κ2) is 12.1. The van der Waals surface area contributed by atoms with E-state index in [1.54, 1.807) is 6.92 Å². The second-order valence-electron chi connectivity index (χ2n) is 12.1. The second-order valence-corrected chi connectivity index (χ2v) is 12.1. The Balaban J connectivity index is 1.38. The van der Waals surface area contributed by atoms with Crippen LogP contribution in [0.3, 0.4) is 0 Å². The monoisotopic (exact) mass is 627 g/mol. The number of carbonyl (C=O) groups is 3. The molecule has 0 radical (unpaired) electrons. The lowest BCUT2D eigenvalue weighted by Gasteiger charge is -2.43. The summed E-state index contributed by atoms with van der Waals surface area (Å²) in [4.78, 5) is 40.2. The maximum absolute atomic E-state index is 13.8. The average molecular weight is 628 g/mol. The van der Waals surface area contributed by atoms with Crippen LogP contribution in [0.25, 0.3) is 0 Å². The number of methoxy groups -OCH3 is 1. The molecule has 0 saturated carbocycles. The summed E-state index contributed by atoms with van der Waals surface area (Å²) in [6, 6.07) is 3.86. The zero-order chi connectivity index (χ0) is 32.2. The Labute approximate surface area is 258 Å². The van der Waals surface area contributed by atoms with Gasteiger partial charge in [-0.15, -0.1) is 0 Å². The molecule has 2 fully saturated rings. The summed E-state index contributed by atoms with van der Waals surface area (Å²) in [5.74, 6) is -3.67. The number of ketones is 3. The van der Waals surface area contributed by atoms with E-state index in [2.05, 4.69) is 0 Å². The molecule has 2 saturated heterocycles. The van der Waals surface area contributed by atoms with Gasteiger partial charge in [0.05, 0.1) is 36.0 Å². The molecule has 0 amide bonds. The summed E-state index contributed by atoms with van der Waals surface area (Å²) < 4.78 is 29.5. The smallest absolute Gasteiger partial charge is 0.202 e. The van der Waals surface area contributed by atoms with Gasteiger partial charge in [-0.1, -0.05) is 12.1 Å². The molecule has 0 spiro atoms. The van der Waals surface area contributed by atoms with Gasteiger partial charge >= 0.3 is 0 Å². The fourth-order valence-corrected chi connectivity index (χ4v) is 6.95. The number of carbonyl (C=O) groups excluding carboxylic acids is 3. The van der Waals surface area contributed by atoms with E-state index in [1.807, 2.05) is 0 Å². The normalized spacial score (nSPS) is 31.1. The minimum atomic E-state index is -2.24. The number of phenols is 2. The molecule has 13 nitrogen and oxygen atoms in total. The van der Waals surface area contributed by atoms with Gasteiger partial charge in [0.15, 0.2) is 24.1 Å². The molecule has 6 N–H and O–H groups in total. The fraction of sp³-hybridized carbons (Fsp3) is 0.531. The van der Waals surface area contributed by atoms with Crippen LogP contribution in [0, 0.1) is 0 Å². The highest BCUT2D eigenvalue weighted by Gasteiger charge is 2.50. The van der Waals surface area contributed by atoms with E-state index in [0.717, 1.165) is 19.3 Å². The van der Waals surface area contributed by atoms with Crippen LogP contribution in [0.1, 0.15) is 88.1 Å². The summed E-state index contributed by atoms with van der Waals surface area (Å²) in [7, 11) is 1.34. The molecule has 2 aliphatic carbocycles. The molecule has 45 heavy (non-hydrogen) atoms. The highest BCUT2D eigenvalue weighted by atomic mass is 16.7. The van der Waals surface area contributed by atoms with Crippen molar-refractivity contribution in [2.45, 2.75) is 88.0 Å². The Bertz CT molecular complexity index is 1520.